The first-order chi connectivity index (χ1) is 14.3. The largest absolute Gasteiger partial charge is 0.259 e. The van der Waals surface area contributed by atoms with Gasteiger partial charge in [-0.05, 0) is 36.4 Å². The summed E-state index contributed by atoms with van der Waals surface area (Å²) in [5, 5.41) is 6.01. The Morgan fingerprint density at radius 2 is 1.41 bits per heavy atom. The molecular formula is C22H15N5S2. The van der Waals surface area contributed by atoms with Gasteiger partial charge in [0.15, 0.2) is 10.8 Å². The van der Waals surface area contributed by atoms with Crippen LogP contribution in [0.4, 0.5) is 5.69 Å². The molecule has 2 aromatic heterocycles. The standard InChI is InChI=1S/C22H15N5S2/c1-2-8-15(9-3-1)24-21(22-26-17-11-5-7-13-19(17)29-22)27-23-14-20-25-16-10-4-6-12-18(16)28-20/h1-14H,(H,24,27)/b23-14+. The van der Waals surface area contributed by atoms with Crippen LogP contribution in [-0.4, -0.2) is 22.0 Å². The number of nitrogens with zero attached hydrogens (tertiary/aromatic N) is 4. The van der Waals surface area contributed by atoms with E-state index in [9.17, 15) is 0 Å². The molecular weight excluding hydrogens is 398 g/mol. The van der Waals surface area contributed by atoms with E-state index in [2.05, 4.69) is 27.6 Å². The van der Waals surface area contributed by atoms with E-state index in [0.717, 1.165) is 36.1 Å². The zero-order valence-electron chi connectivity index (χ0n) is 15.2. The summed E-state index contributed by atoms with van der Waals surface area (Å²) >= 11 is 3.18. The zero-order chi connectivity index (χ0) is 19.5. The smallest absolute Gasteiger partial charge is 0.183 e. The molecule has 0 aliphatic rings. The van der Waals surface area contributed by atoms with E-state index >= 15 is 0 Å². The summed E-state index contributed by atoms with van der Waals surface area (Å²) in [6.45, 7) is 0. The van der Waals surface area contributed by atoms with Crippen molar-refractivity contribution < 1.29 is 0 Å². The van der Waals surface area contributed by atoms with Gasteiger partial charge in [-0.25, -0.2) is 15.0 Å². The molecule has 3 aromatic carbocycles. The number of thiazole rings is 2. The van der Waals surface area contributed by atoms with Crippen LogP contribution < -0.4 is 5.43 Å². The number of aliphatic imine (C=N–C) groups is 1. The fraction of sp³-hybridized carbons (Fsp3) is 0. The van der Waals surface area contributed by atoms with Gasteiger partial charge in [0.2, 0.25) is 0 Å². The summed E-state index contributed by atoms with van der Waals surface area (Å²) in [7, 11) is 0. The van der Waals surface area contributed by atoms with Crippen LogP contribution in [0.1, 0.15) is 10.0 Å². The van der Waals surface area contributed by atoms with E-state index in [0.29, 0.717) is 5.84 Å². The Labute approximate surface area is 175 Å². The van der Waals surface area contributed by atoms with Gasteiger partial charge in [-0.2, -0.15) is 5.10 Å². The summed E-state index contributed by atoms with van der Waals surface area (Å²) in [6, 6.07) is 25.9. The Morgan fingerprint density at radius 1 is 0.759 bits per heavy atom. The highest BCUT2D eigenvalue weighted by Crippen LogP contribution is 2.23. The third-order valence-electron chi connectivity index (χ3n) is 4.15. The number of rotatable bonds is 4. The van der Waals surface area contributed by atoms with E-state index in [4.69, 9.17) is 9.98 Å². The number of benzene rings is 3. The van der Waals surface area contributed by atoms with Crippen LogP contribution >= 0.6 is 22.7 Å². The van der Waals surface area contributed by atoms with E-state index in [1.54, 1.807) is 28.9 Å². The van der Waals surface area contributed by atoms with Crippen molar-refractivity contribution in [3.63, 3.8) is 0 Å². The highest BCUT2D eigenvalue weighted by atomic mass is 32.1. The molecule has 7 heteroatoms. The molecule has 29 heavy (non-hydrogen) atoms. The maximum Gasteiger partial charge on any atom is 0.183 e. The number of amidine groups is 1. The van der Waals surface area contributed by atoms with Crippen LogP contribution in [-0.2, 0) is 0 Å². The van der Waals surface area contributed by atoms with Crippen molar-refractivity contribution >= 4 is 60.8 Å². The zero-order valence-corrected chi connectivity index (χ0v) is 16.8. The molecule has 0 aliphatic heterocycles. The number of hydrogen-bond donors (Lipinski definition) is 1. The topological polar surface area (TPSA) is 62.5 Å². The molecule has 0 unspecified atom stereocenters. The molecule has 0 bridgehead atoms. The molecule has 0 amide bonds. The van der Waals surface area contributed by atoms with Gasteiger partial charge in [0.05, 0.1) is 32.3 Å². The number of aromatic nitrogens is 2. The van der Waals surface area contributed by atoms with Gasteiger partial charge in [0.1, 0.15) is 5.01 Å². The Morgan fingerprint density at radius 3 is 2.14 bits per heavy atom. The molecule has 0 saturated carbocycles. The van der Waals surface area contributed by atoms with Gasteiger partial charge < -0.3 is 0 Å². The summed E-state index contributed by atoms with van der Waals surface area (Å²) in [4.78, 5) is 14.0. The minimum absolute atomic E-state index is 0.606. The van der Waals surface area contributed by atoms with Crippen molar-refractivity contribution in [3.05, 3.63) is 88.9 Å². The minimum Gasteiger partial charge on any atom is -0.259 e. The number of hydrazone groups is 1. The second-order valence-electron chi connectivity index (χ2n) is 6.17. The first-order valence-corrected chi connectivity index (χ1v) is 10.6. The van der Waals surface area contributed by atoms with Gasteiger partial charge in [-0.3, -0.25) is 5.43 Å². The fourth-order valence-corrected chi connectivity index (χ4v) is 4.56. The minimum atomic E-state index is 0.606. The Kier molecular flexibility index (Phi) is 4.81. The van der Waals surface area contributed by atoms with Crippen molar-refractivity contribution in [2.45, 2.75) is 0 Å². The normalized spacial score (nSPS) is 12.2. The average Bonchev–Trinajstić information content (AvgIpc) is 3.37. The Bertz CT molecular complexity index is 1270. The second kappa shape index (κ2) is 7.90. The van der Waals surface area contributed by atoms with Crippen LogP contribution in [0.15, 0.2) is 89.0 Å². The van der Waals surface area contributed by atoms with Gasteiger partial charge in [-0.1, -0.05) is 42.5 Å². The lowest BCUT2D eigenvalue weighted by atomic mass is 10.3. The van der Waals surface area contributed by atoms with Crippen molar-refractivity contribution in [1.82, 2.24) is 15.4 Å². The highest BCUT2D eigenvalue weighted by molar-refractivity contribution is 7.20. The first kappa shape index (κ1) is 17.7. The van der Waals surface area contributed by atoms with Crippen LogP contribution in [0, 0.1) is 0 Å². The van der Waals surface area contributed by atoms with Crippen LogP contribution in [0.5, 0.6) is 0 Å². The quantitative estimate of drug-likeness (QED) is 0.237. The molecule has 1 N–H and O–H groups in total. The SMILES string of the molecule is C(=N\NC(=Nc1ccccc1)c1nc2ccccc2s1)/c1nc2ccccc2s1. The molecule has 5 nitrogen and oxygen atoms in total. The number of hydrogen-bond acceptors (Lipinski definition) is 6. The first-order valence-electron chi connectivity index (χ1n) is 8.99. The van der Waals surface area contributed by atoms with Crippen molar-refractivity contribution in [3.8, 4) is 0 Å². The van der Waals surface area contributed by atoms with Crippen LogP contribution in [0.2, 0.25) is 0 Å². The third kappa shape index (κ3) is 3.91. The van der Waals surface area contributed by atoms with E-state index < -0.39 is 0 Å². The molecule has 2 heterocycles. The summed E-state index contributed by atoms with van der Waals surface area (Å²) < 4.78 is 2.25. The number of para-hydroxylation sites is 3. The van der Waals surface area contributed by atoms with E-state index in [1.165, 1.54) is 0 Å². The Hall–Kier alpha value is -3.42. The molecule has 5 rings (SSSR count). The van der Waals surface area contributed by atoms with Crippen molar-refractivity contribution in [2.75, 3.05) is 0 Å². The molecule has 0 saturated heterocycles. The van der Waals surface area contributed by atoms with Gasteiger partial charge >= 0.3 is 0 Å². The second-order valence-corrected chi connectivity index (χ2v) is 8.27. The maximum atomic E-state index is 4.72. The Balaban J connectivity index is 1.47. The third-order valence-corrected chi connectivity index (χ3v) is 6.16. The summed E-state index contributed by atoms with van der Waals surface area (Å²) in [6.07, 6.45) is 1.72. The van der Waals surface area contributed by atoms with Crippen molar-refractivity contribution in [1.29, 1.82) is 0 Å². The monoisotopic (exact) mass is 413 g/mol. The molecule has 0 aliphatic carbocycles. The van der Waals surface area contributed by atoms with Gasteiger partial charge in [-0.15, -0.1) is 22.7 Å². The van der Waals surface area contributed by atoms with Crippen molar-refractivity contribution in [2.24, 2.45) is 10.1 Å². The van der Waals surface area contributed by atoms with Crippen LogP contribution in [0.25, 0.3) is 20.4 Å². The lowest BCUT2D eigenvalue weighted by molar-refractivity contribution is 1.03. The van der Waals surface area contributed by atoms with Crippen LogP contribution in [0.3, 0.4) is 0 Å². The molecule has 0 radical (unpaired) electrons. The predicted molar refractivity (Wildman–Crippen MR) is 123 cm³/mol. The molecule has 0 atom stereocenters. The highest BCUT2D eigenvalue weighted by Gasteiger charge is 2.10. The molecule has 0 fully saturated rings. The van der Waals surface area contributed by atoms with Gasteiger partial charge in [0, 0.05) is 0 Å². The lowest BCUT2D eigenvalue weighted by Gasteiger charge is -2.02. The number of fused-ring (bicyclic) bond motifs is 2. The van der Waals surface area contributed by atoms with E-state index in [1.807, 2.05) is 66.7 Å². The molecule has 0 spiro atoms. The molecule has 5 aromatic rings. The average molecular weight is 414 g/mol. The molecule has 140 valence electrons. The summed E-state index contributed by atoms with van der Waals surface area (Å²) in [5.74, 6) is 0.606. The maximum absolute atomic E-state index is 4.72. The predicted octanol–water partition coefficient (Wildman–Crippen LogP) is 5.61. The fourth-order valence-electron chi connectivity index (χ4n) is 2.82. The number of nitrogens with one attached hydrogen (secondary N) is 1. The lowest BCUT2D eigenvalue weighted by Crippen LogP contribution is -2.18. The van der Waals surface area contributed by atoms with Gasteiger partial charge in [0.25, 0.3) is 0 Å². The van der Waals surface area contributed by atoms with E-state index in [-0.39, 0.29) is 0 Å². The summed E-state index contributed by atoms with van der Waals surface area (Å²) in [5.41, 5.74) is 5.83.